The molecule has 3 aromatic rings. The predicted octanol–water partition coefficient (Wildman–Crippen LogP) is 5.49. The first-order chi connectivity index (χ1) is 18.4. The Labute approximate surface area is 228 Å². The number of aromatic nitrogens is 1. The number of rotatable bonds is 6. The van der Waals surface area contributed by atoms with Gasteiger partial charge in [0.15, 0.2) is 6.29 Å². The van der Waals surface area contributed by atoms with E-state index in [1.165, 1.54) is 16.9 Å². The molecule has 0 bridgehead atoms. The Balaban J connectivity index is 0.000000180. The van der Waals surface area contributed by atoms with E-state index in [-0.39, 0.29) is 11.3 Å². The molecule has 0 saturated carbocycles. The van der Waals surface area contributed by atoms with Gasteiger partial charge >= 0.3 is 0 Å². The first-order valence-corrected chi connectivity index (χ1v) is 13.4. The Morgan fingerprint density at radius 1 is 1.24 bits per heavy atom. The second kappa shape index (κ2) is 14.3. The molecular weight excluding hydrogens is 496 g/mol. The van der Waals surface area contributed by atoms with E-state index < -0.39 is 0 Å². The molecule has 0 unspecified atom stereocenters. The number of hydrogen-bond acceptors (Lipinski definition) is 7. The molecule has 8 heteroatoms. The number of ether oxygens (including phenoxy) is 1. The first-order valence-electron chi connectivity index (χ1n) is 12.6. The highest BCUT2D eigenvalue weighted by atomic mass is 32.1. The lowest BCUT2D eigenvalue weighted by atomic mass is 9.76. The third kappa shape index (κ3) is 7.18. The van der Waals surface area contributed by atoms with E-state index >= 15 is 0 Å². The topological polar surface area (TPSA) is 92.4 Å². The van der Waals surface area contributed by atoms with E-state index in [1.807, 2.05) is 62.0 Å². The summed E-state index contributed by atoms with van der Waals surface area (Å²) in [4.78, 5) is 27.5. The van der Waals surface area contributed by atoms with Crippen LogP contribution in [-0.4, -0.2) is 44.0 Å². The molecule has 1 amide bonds. The number of benzene rings is 1. The van der Waals surface area contributed by atoms with Crippen molar-refractivity contribution in [1.29, 1.82) is 0 Å². The normalized spacial score (nSPS) is 16.0. The summed E-state index contributed by atoms with van der Waals surface area (Å²) in [5.41, 5.74) is 4.95. The maximum Gasteiger partial charge on any atom is 0.230 e. The van der Waals surface area contributed by atoms with Crippen molar-refractivity contribution in [3.05, 3.63) is 95.0 Å². The molecule has 4 heterocycles. The van der Waals surface area contributed by atoms with Gasteiger partial charge in [-0.2, -0.15) is 0 Å². The average Bonchev–Trinajstić information content (AvgIpc) is 3.53. The van der Waals surface area contributed by atoms with Crippen LogP contribution >= 0.6 is 11.3 Å². The molecule has 2 aliphatic heterocycles. The fourth-order valence-electron chi connectivity index (χ4n) is 4.30. The van der Waals surface area contributed by atoms with Crippen LogP contribution in [0.3, 0.4) is 0 Å². The van der Waals surface area contributed by atoms with Gasteiger partial charge in [-0.15, -0.1) is 11.3 Å². The summed E-state index contributed by atoms with van der Waals surface area (Å²) < 4.78 is 5.23. The van der Waals surface area contributed by atoms with E-state index in [4.69, 9.17) is 4.74 Å². The molecule has 0 aliphatic carbocycles. The van der Waals surface area contributed by atoms with Crippen molar-refractivity contribution >= 4 is 40.1 Å². The molecule has 1 aromatic carbocycles. The van der Waals surface area contributed by atoms with Gasteiger partial charge in [0.2, 0.25) is 5.91 Å². The standard InChI is InChI=1S/C15H12N2OS.C9H13NO2.C6H11N/c18-10-15-14(6-8-19-15)17-9-11-5-7-16-13-4-2-1-3-12(11)13;1-7-6-10-8(11)9(7)2-4-12-5-3-9;1-4-5-6(2)7-3/h1-8,10,17H,9H2;1-6H2,(H,10,11);4-5,7H,1H2,2-3H3/b;;6-5+. The van der Waals surface area contributed by atoms with Gasteiger partial charge in [0.1, 0.15) is 0 Å². The number of carbonyl (C=O) groups excluding carboxylic acids is 2. The van der Waals surface area contributed by atoms with Crippen LogP contribution in [-0.2, 0) is 16.1 Å². The highest BCUT2D eigenvalue weighted by Crippen LogP contribution is 2.40. The van der Waals surface area contributed by atoms with Crippen LogP contribution in [0.2, 0.25) is 0 Å². The summed E-state index contributed by atoms with van der Waals surface area (Å²) in [7, 11) is 1.88. The smallest absolute Gasteiger partial charge is 0.230 e. The summed E-state index contributed by atoms with van der Waals surface area (Å²) in [5, 5.41) is 12.1. The molecule has 1 spiro atoms. The minimum atomic E-state index is -0.280. The molecule has 5 rings (SSSR count). The van der Waals surface area contributed by atoms with Crippen LogP contribution in [0.1, 0.15) is 35.0 Å². The van der Waals surface area contributed by atoms with Gasteiger partial charge in [0.25, 0.3) is 0 Å². The van der Waals surface area contributed by atoms with Gasteiger partial charge in [-0.05, 0) is 60.6 Å². The summed E-state index contributed by atoms with van der Waals surface area (Å²) in [6, 6.07) is 12.0. The number of aldehydes is 1. The molecule has 38 heavy (non-hydrogen) atoms. The predicted molar refractivity (Wildman–Crippen MR) is 156 cm³/mol. The minimum absolute atomic E-state index is 0.149. The lowest BCUT2D eigenvalue weighted by molar-refractivity contribution is -0.130. The minimum Gasteiger partial charge on any atom is -0.392 e. The molecule has 200 valence electrons. The number of nitrogens with zero attached hydrogens (tertiary/aromatic N) is 1. The molecule has 2 aromatic heterocycles. The van der Waals surface area contributed by atoms with E-state index in [1.54, 1.807) is 6.08 Å². The van der Waals surface area contributed by atoms with E-state index in [9.17, 15) is 9.59 Å². The zero-order chi connectivity index (χ0) is 27.4. The average molecular weight is 533 g/mol. The molecule has 7 nitrogen and oxygen atoms in total. The van der Waals surface area contributed by atoms with Gasteiger partial charge in [-0.1, -0.05) is 37.4 Å². The Bertz CT molecular complexity index is 1270. The number of thiophene rings is 1. The van der Waals surface area contributed by atoms with E-state index in [0.717, 1.165) is 51.9 Å². The van der Waals surface area contributed by atoms with E-state index in [0.29, 0.717) is 26.3 Å². The van der Waals surface area contributed by atoms with Crippen LogP contribution in [0.4, 0.5) is 5.69 Å². The fourth-order valence-corrected chi connectivity index (χ4v) is 4.98. The number of fused-ring (bicyclic) bond motifs is 1. The van der Waals surface area contributed by atoms with Crippen molar-refractivity contribution in [1.82, 2.24) is 15.6 Å². The first kappa shape index (κ1) is 28.8. The van der Waals surface area contributed by atoms with Crippen molar-refractivity contribution in [3.8, 4) is 0 Å². The van der Waals surface area contributed by atoms with Crippen LogP contribution in [0.15, 0.2) is 84.6 Å². The molecule has 0 atom stereocenters. The van der Waals surface area contributed by atoms with Crippen LogP contribution < -0.4 is 16.0 Å². The number of amides is 1. The number of nitrogens with one attached hydrogen (secondary N) is 3. The zero-order valence-electron chi connectivity index (χ0n) is 22.1. The molecule has 2 aliphatic rings. The quantitative estimate of drug-likeness (QED) is 0.221. The highest BCUT2D eigenvalue weighted by Gasteiger charge is 2.46. The number of carbonyl (C=O) groups is 2. The van der Waals surface area contributed by atoms with E-state index in [2.05, 4.69) is 40.2 Å². The Morgan fingerprint density at radius 3 is 2.63 bits per heavy atom. The summed E-state index contributed by atoms with van der Waals surface area (Å²) >= 11 is 1.45. The summed E-state index contributed by atoms with van der Waals surface area (Å²) in [6.07, 6.45) is 7.98. The van der Waals surface area contributed by atoms with Gasteiger partial charge in [-0.3, -0.25) is 14.6 Å². The van der Waals surface area contributed by atoms with Crippen molar-refractivity contribution in [2.75, 3.05) is 32.1 Å². The van der Waals surface area contributed by atoms with Crippen molar-refractivity contribution in [2.45, 2.75) is 26.3 Å². The van der Waals surface area contributed by atoms with Crippen molar-refractivity contribution in [3.63, 3.8) is 0 Å². The SMILES string of the molecule is C=C/C=C(\C)NC.C=C1CNC(=O)C12CCOCC2.O=Cc1sccc1NCc1ccnc2ccccc12. The molecule has 2 fully saturated rings. The Hall–Kier alpha value is -3.75. The third-order valence-corrected chi connectivity index (χ3v) is 7.54. The number of anilines is 1. The highest BCUT2D eigenvalue weighted by molar-refractivity contribution is 7.12. The van der Waals surface area contributed by atoms with Gasteiger partial charge < -0.3 is 20.7 Å². The van der Waals surface area contributed by atoms with Crippen molar-refractivity contribution in [2.24, 2.45) is 5.41 Å². The lowest BCUT2D eigenvalue weighted by Crippen LogP contribution is -2.37. The molecule has 2 saturated heterocycles. The van der Waals surface area contributed by atoms with Crippen LogP contribution in [0.25, 0.3) is 10.9 Å². The second-order valence-corrected chi connectivity index (χ2v) is 9.92. The summed E-state index contributed by atoms with van der Waals surface area (Å²) in [6.45, 7) is 12.2. The number of allylic oxidation sites excluding steroid dienone is 3. The number of pyridine rings is 1. The molecule has 0 radical (unpaired) electrons. The molecule has 3 N–H and O–H groups in total. The largest absolute Gasteiger partial charge is 0.392 e. The number of para-hydroxylation sites is 1. The number of hydrogen-bond donors (Lipinski definition) is 3. The lowest BCUT2D eigenvalue weighted by Gasteiger charge is -2.31. The van der Waals surface area contributed by atoms with Gasteiger partial charge in [0.05, 0.1) is 21.5 Å². The molecular formula is C30H36N4O3S. The van der Waals surface area contributed by atoms with Gasteiger partial charge in [-0.25, -0.2) is 0 Å². The van der Waals surface area contributed by atoms with Gasteiger partial charge in [0, 0.05) is 50.6 Å². The van der Waals surface area contributed by atoms with Crippen LogP contribution in [0.5, 0.6) is 0 Å². The van der Waals surface area contributed by atoms with Crippen molar-refractivity contribution < 1.29 is 14.3 Å². The summed E-state index contributed by atoms with van der Waals surface area (Å²) in [5.74, 6) is 0.149. The Morgan fingerprint density at radius 2 is 2.00 bits per heavy atom. The zero-order valence-corrected chi connectivity index (χ0v) is 22.9. The monoisotopic (exact) mass is 532 g/mol. The third-order valence-electron chi connectivity index (χ3n) is 6.69. The second-order valence-electron chi connectivity index (χ2n) is 8.97. The van der Waals surface area contributed by atoms with Crippen LogP contribution in [0, 0.1) is 5.41 Å². The fraction of sp³-hybridized carbons (Fsp3) is 0.300. The maximum atomic E-state index is 11.5. The maximum absolute atomic E-state index is 11.5. The Kier molecular flexibility index (Phi) is 10.8.